The number of aromatic nitrogens is 1. The van der Waals surface area contributed by atoms with E-state index >= 15 is 0 Å². The predicted octanol–water partition coefficient (Wildman–Crippen LogP) is 1.89. The number of hydrogen-bond acceptors (Lipinski definition) is 4. The molecular weight excluding hydrogens is 414 g/mol. The molecule has 0 aliphatic rings. The number of nitrogens with zero attached hydrogens (tertiary/aromatic N) is 2. The molecular formula is C22H35N5O3S. The van der Waals surface area contributed by atoms with Crippen molar-refractivity contribution in [3.05, 3.63) is 53.9 Å². The molecule has 1 aromatic heterocycles. The van der Waals surface area contributed by atoms with Crippen molar-refractivity contribution < 1.29 is 13.5 Å². The first-order valence-corrected chi connectivity index (χ1v) is 11.9. The summed E-state index contributed by atoms with van der Waals surface area (Å²) < 4.78 is 28.7. The van der Waals surface area contributed by atoms with Crippen LogP contribution in [0.4, 0.5) is 0 Å². The van der Waals surface area contributed by atoms with E-state index in [1.807, 2.05) is 31.2 Å². The van der Waals surface area contributed by atoms with Crippen molar-refractivity contribution in [1.82, 2.24) is 19.9 Å². The van der Waals surface area contributed by atoms with Crippen LogP contribution in [0.3, 0.4) is 0 Å². The molecule has 2 rings (SSSR count). The molecule has 2 aromatic rings. The number of aliphatic imine (C=N–C) groups is 1. The van der Waals surface area contributed by atoms with Crippen molar-refractivity contribution in [3.63, 3.8) is 0 Å². The van der Waals surface area contributed by atoms with Crippen LogP contribution in [-0.2, 0) is 22.5 Å². The molecule has 0 aliphatic carbocycles. The van der Waals surface area contributed by atoms with E-state index in [1.54, 1.807) is 30.1 Å². The minimum atomic E-state index is -3.54. The van der Waals surface area contributed by atoms with Gasteiger partial charge in [0.2, 0.25) is 10.0 Å². The molecule has 0 fully saturated rings. The summed E-state index contributed by atoms with van der Waals surface area (Å²) in [6.07, 6.45) is 2.52. The van der Waals surface area contributed by atoms with Crippen molar-refractivity contribution in [2.45, 2.75) is 44.1 Å². The van der Waals surface area contributed by atoms with Crippen LogP contribution in [0, 0.1) is 0 Å². The monoisotopic (exact) mass is 449 g/mol. The normalized spacial score (nSPS) is 13.8. The lowest BCUT2D eigenvalue weighted by atomic mass is 9.86. The van der Waals surface area contributed by atoms with E-state index in [1.165, 1.54) is 5.56 Å². The minimum Gasteiger partial charge on any atom is -0.386 e. The summed E-state index contributed by atoms with van der Waals surface area (Å²) in [4.78, 5) is 4.65. The fraction of sp³-hybridized carbons (Fsp3) is 0.500. The number of guanidine groups is 1. The zero-order valence-corrected chi connectivity index (χ0v) is 19.8. The Kier molecular flexibility index (Phi) is 8.67. The third kappa shape index (κ3) is 7.68. The molecule has 31 heavy (non-hydrogen) atoms. The first kappa shape index (κ1) is 24.9. The van der Waals surface area contributed by atoms with Crippen molar-refractivity contribution >= 4 is 16.0 Å². The van der Waals surface area contributed by atoms with Crippen molar-refractivity contribution in [1.29, 1.82) is 0 Å². The molecule has 1 aromatic carbocycles. The van der Waals surface area contributed by atoms with Gasteiger partial charge in [0, 0.05) is 39.1 Å². The molecule has 0 aliphatic heterocycles. The van der Waals surface area contributed by atoms with Crippen LogP contribution >= 0.6 is 0 Å². The van der Waals surface area contributed by atoms with Gasteiger partial charge in [0.1, 0.15) is 0 Å². The maximum absolute atomic E-state index is 12.2. The number of benzene rings is 1. The summed E-state index contributed by atoms with van der Waals surface area (Å²) in [7, 11) is -1.77. The third-order valence-electron chi connectivity index (χ3n) is 4.75. The Morgan fingerprint density at radius 2 is 1.81 bits per heavy atom. The number of aliphatic hydroxyl groups excluding tert-OH is 1. The van der Waals surface area contributed by atoms with E-state index < -0.39 is 16.1 Å². The molecule has 0 saturated carbocycles. The highest BCUT2D eigenvalue weighted by molar-refractivity contribution is 7.89. The second-order valence-corrected chi connectivity index (χ2v) is 10.2. The van der Waals surface area contributed by atoms with Crippen LogP contribution in [0.1, 0.15) is 44.9 Å². The summed E-state index contributed by atoms with van der Waals surface area (Å²) in [6.45, 7) is 9.80. The maximum atomic E-state index is 12.2. The van der Waals surface area contributed by atoms with Crippen LogP contribution in [0.25, 0.3) is 0 Å². The molecule has 0 radical (unpaired) electrons. The predicted molar refractivity (Wildman–Crippen MR) is 125 cm³/mol. The number of rotatable bonds is 9. The number of aryl methyl sites for hydroxylation is 1. The van der Waals surface area contributed by atoms with Gasteiger partial charge >= 0.3 is 0 Å². The topological polar surface area (TPSA) is 108 Å². The molecule has 1 atom stereocenters. The lowest BCUT2D eigenvalue weighted by Gasteiger charge is -2.20. The lowest BCUT2D eigenvalue weighted by Crippen LogP contribution is -2.41. The first-order chi connectivity index (χ1) is 14.5. The van der Waals surface area contributed by atoms with Crippen LogP contribution in [0.2, 0.25) is 0 Å². The fourth-order valence-electron chi connectivity index (χ4n) is 2.92. The molecule has 0 bridgehead atoms. The SMILES string of the molecule is CCNC(=NCC(O)c1ccc(C(C)(C)C)cc1)NCCNS(=O)(=O)c1ccn(C)c1. The lowest BCUT2D eigenvalue weighted by molar-refractivity contribution is 0.187. The van der Waals surface area contributed by atoms with Gasteiger partial charge in [-0.1, -0.05) is 45.0 Å². The van der Waals surface area contributed by atoms with Gasteiger partial charge in [-0.05, 0) is 29.5 Å². The summed E-state index contributed by atoms with van der Waals surface area (Å²) in [5.41, 5.74) is 2.08. The average Bonchev–Trinajstić information content (AvgIpc) is 3.16. The van der Waals surface area contributed by atoms with E-state index in [9.17, 15) is 13.5 Å². The van der Waals surface area contributed by atoms with Gasteiger partial charge in [0.25, 0.3) is 0 Å². The average molecular weight is 450 g/mol. The third-order valence-corrected chi connectivity index (χ3v) is 6.20. The van der Waals surface area contributed by atoms with Crippen molar-refractivity contribution in [2.24, 2.45) is 12.0 Å². The summed E-state index contributed by atoms with van der Waals surface area (Å²) >= 11 is 0. The Balaban J connectivity index is 1.88. The van der Waals surface area contributed by atoms with Crippen LogP contribution in [-0.4, -0.2) is 50.2 Å². The first-order valence-electron chi connectivity index (χ1n) is 10.4. The van der Waals surface area contributed by atoms with Gasteiger partial charge < -0.3 is 20.3 Å². The highest BCUT2D eigenvalue weighted by Gasteiger charge is 2.15. The maximum Gasteiger partial charge on any atom is 0.242 e. The molecule has 0 saturated heterocycles. The highest BCUT2D eigenvalue weighted by atomic mass is 32.2. The zero-order valence-electron chi connectivity index (χ0n) is 19.0. The van der Waals surface area contributed by atoms with Gasteiger partial charge in [0.05, 0.1) is 17.5 Å². The Hall–Kier alpha value is -2.36. The zero-order chi connectivity index (χ0) is 23.1. The molecule has 0 spiro atoms. The van der Waals surface area contributed by atoms with E-state index in [-0.39, 0.29) is 23.4 Å². The molecule has 8 nitrogen and oxygen atoms in total. The van der Waals surface area contributed by atoms with Gasteiger partial charge in [-0.25, -0.2) is 13.1 Å². The summed E-state index contributed by atoms with van der Waals surface area (Å²) in [5.74, 6) is 0.520. The molecule has 1 unspecified atom stereocenters. The minimum absolute atomic E-state index is 0.0613. The van der Waals surface area contributed by atoms with E-state index in [0.29, 0.717) is 19.0 Å². The molecule has 0 amide bonds. The van der Waals surface area contributed by atoms with Crippen LogP contribution in [0.15, 0.2) is 52.6 Å². The molecule has 9 heteroatoms. The number of nitrogens with one attached hydrogen (secondary N) is 3. The Labute approximate surface area is 185 Å². The second-order valence-electron chi connectivity index (χ2n) is 8.44. The van der Waals surface area contributed by atoms with Gasteiger partial charge in [-0.3, -0.25) is 4.99 Å². The second kappa shape index (κ2) is 10.8. The smallest absolute Gasteiger partial charge is 0.242 e. The van der Waals surface area contributed by atoms with Crippen molar-refractivity contribution in [2.75, 3.05) is 26.2 Å². The van der Waals surface area contributed by atoms with Crippen molar-refractivity contribution in [3.8, 4) is 0 Å². The van der Waals surface area contributed by atoms with E-state index in [0.717, 1.165) is 5.56 Å². The fourth-order valence-corrected chi connectivity index (χ4v) is 4.00. The highest BCUT2D eigenvalue weighted by Crippen LogP contribution is 2.24. The largest absolute Gasteiger partial charge is 0.386 e. The van der Waals surface area contributed by atoms with Gasteiger partial charge in [-0.15, -0.1) is 0 Å². The Bertz CT molecular complexity index is 960. The number of hydrogen-bond donors (Lipinski definition) is 4. The van der Waals surface area contributed by atoms with Gasteiger partial charge in [-0.2, -0.15) is 0 Å². The Morgan fingerprint density at radius 1 is 1.13 bits per heavy atom. The number of sulfonamides is 1. The Morgan fingerprint density at radius 3 is 2.35 bits per heavy atom. The standard InChI is InChI=1S/C22H35N5O3S/c1-6-23-21(24-12-13-26-31(29,30)19-11-14-27(5)16-19)25-15-20(28)17-7-9-18(10-8-17)22(2,3)4/h7-11,14,16,20,26,28H,6,12-13,15H2,1-5H3,(H2,23,24,25). The quantitative estimate of drug-likeness (QED) is 0.266. The molecule has 172 valence electrons. The summed E-state index contributed by atoms with van der Waals surface area (Å²) in [5, 5.41) is 16.7. The summed E-state index contributed by atoms with van der Waals surface area (Å²) in [6, 6.07) is 9.48. The van der Waals surface area contributed by atoms with E-state index in [2.05, 4.69) is 41.1 Å². The van der Waals surface area contributed by atoms with E-state index in [4.69, 9.17) is 0 Å². The van der Waals surface area contributed by atoms with Gasteiger partial charge in [0.15, 0.2) is 5.96 Å². The van der Waals surface area contributed by atoms with Crippen LogP contribution < -0.4 is 15.4 Å². The molecule has 1 heterocycles. The van der Waals surface area contributed by atoms with Crippen LogP contribution in [0.5, 0.6) is 0 Å². The number of aliphatic hydroxyl groups is 1. The molecule has 4 N–H and O–H groups in total.